The number of carboxylic acid groups (broad SMARTS) is 1. The summed E-state index contributed by atoms with van der Waals surface area (Å²) in [6.45, 7) is 3.30. The van der Waals surface area contributed by atoms with Gasteiger partial charge in [-0.3, -0.25) is 4.79 Å². The van der Waals surface area contributed by atoms with Gasteiger partial charge in [0.25, 0.3) is 0 Å². The van der Waals surface area contributed by atoms with Crippen LogP contribution in [0.25, 0.3) is 0 Å². The van der Waals surface area contributed by atoms with Gasteiger partial charge in [0, 0.05) is 12.7 Å². The summed E-state index contributed by atoms with van der Waals surface area (Å²) in [5, 5.41) is 14.8. The van der Waals surface area contributed by atoms with Gasteiger partial charge in [0.2, 0.25) is 5.91 Å². The Labute approximate surface area is 117 Å². The van der Waals surface area contributed by atoms with E-state index in [0.717, 1.165) is 24.9 Å². The van der Waals surface area contributed by atoms with Crippen molar-refractivity contribution in [3.05, 3.63) is 29.6 Å². The van der Waals surface area contributed by atoms with Gasteiger partial charge < -0.3 is 15.7 Å². The molecule has 1 aromatic rings. The molecular weight excluding hydrogens is 258 g/mol. The first kappa shape index (κ1) is 14.5. The minimum absolute atomic E-state index is 0.00245. The summed E-state index contributed by atoms with van der Waals surface area (Å²) in [5.41, 5.74) is 0.787. The van der Waals surface area contributed by atoms with Gasteiger partial charge in [-0.1, -0.05) is 13.0 Å². The summed E-state index contributed by atoms with van der Waals surface area (Å²) >= 11 is 0. The van der Waals surface area contributed by atoms with Crippen LogP contribution >= 0.6 is 0 Å². The van der Waals surface area contributed by atoms with Crippen LogP contribution in [0.2, 0.25) is 0 Å². The summed E-state index contributed by atoms with van der Waals surface area (Å²) in [7, 11) is 0. The Kier molecular flexibility index (Phi) is 4.68. The molecule has 2 atom stereocenters. The number of carboxylic acids is 1. The highest BCUT2D eigenvalue weighted by molar-refractivity contribution is 5.85. The smallest absolute Gasteiger partial charge is 0.354 e. The molecule has 2 rings (SSSR count). The van der Waals surface area contributed by atoms with E-state index in [4.69, 9.17) is 5.11 Å². The molecule has 0 aliphatic carbocycles. The van der Waals surface area contributed by atoms with Crippen molar-refractivity contribution in [2.45, 2.75) is 32.4 Å². The van der Waals surface area contributed by atoms with E-state index in [-0.39, 0.29) is 17.6 Å². The highest BCUT2D eigenvalue weighted by Gasteiger charge is 2.26. The van der Waals surface area contributed by atoms with Crippen molar-refractivity contribution in [2.75, 3.05) is 6.54 Å². The first-order valence-electron chi connectivity index (χ1n) is 6.77. The lowest BCUT2D eigenvalue weighted by atomic mass is 9.92. The third-order valence-corrected chi connectivity index (χ3v) is 3.56. The minimum atomic E-state index is -1.05. The van der Waals surface area contributed by atoms with Gasteiger partial charge in [0.15, 0.2) is 0 Å². The summed E-state index contributed by atoms with van der Waals surface area (Å²) in [5.74, 6) is -0.739. The fourth-order valence-corrected chi connectivity index (χ4v) is 2.36. The molecule has 1 amide bonds. The number of aromatic nitrogens is 1. The number of piperidine rings is 1. The van der Waals surface area contributed by atoms with Crippen LogP contribution in [0.5, 0.6) is 0 Å². The van der Waals surface area contributed by atoms with E-state index in [0.29, 0.717) is 12.5 Å². The zero-order chi connectivity index (χ0) is 14.5. The molecule has 3 N–H and O–H groups in total. The zero-order valence-electron chi connectivity index (χ0n) is 11.4. The predicted octanol–water partition coefficient (Wildman–Crippen LogP) is 0.784. The minimum Gasteiger partial charge on any atom is -0.477 e. The van der Waals surface area contributed by atoms with Gasteiger partial charge in [0.05, 0.1) is 6.04 Å². The van der Waals surface area contributed by atoms with Crippen molar-refractivity contribution in [3.63, 3.8) is 0 Å². The van der Waals surface area contributed by atoms with Crippen molar-refractivity contribution in [1.29, 1.82) is 0 Å². The molecule has 0 bridgehead atoms. The summed E-state index contributed by atoms with van der Waals surface area (Å²) in [6, 6.07) is 2.95. The van der Waals surface area contributed by atoms with Crippen LogP contribution in [0, 0.1) is 5.92 Å². The molecule has 1 aliphatic heterocycles. The van der Waals surface area contributed by atoms with E-state index < -0.39 is 5.97 Å². The van der Waals surface area contributed by atoms with Gasteiger partial charge in [-0.15, -0.1) is 0 Å². The predicted molar refractivity (Wildman–Crippen MR) is 73.2 cm³/mol. The Morgan fingerprint density at radius 1 is 1.50 bits per heavy atom. The normalized spacial score (nSPS) is 22.2. The largest absolute Gasteiger partial charge is 0.477 e. The molecule has 2 unspecified atom stereocenters. The lowest BCUT2D eigenvalue weighted by Gasteiger charge is -2.28. The van der Waals surface area contributed by atoms with E-state index in [1.165, 1.54) is 12.3 Å². The maximum Gasteiger partial charge on any atom is 0.354 e. The number of carbonyl (C=O) groups excluding carboxylic acids is 1. The fraction of sp³-hybridized carbons (Fsp3) is 0.500. The highest BCUT2D eigenvalue weighted by atomic mass is 16.4. The number of aromatic carboxylic acids is 1. The van der Waals surface area contributed by atoms with Crippen molar-refractivity contribution in [3.8, 4) is 0 Å². The molecule has 108 valence electrons. The maximum atomic E-state index is 12.1. The molecule has 0 radical (unpaired) electrons. The number of carbonyl (C=O) groups is 2. The number of nitrogens with zero attached hydrogens (tertiary/aromatic N) is 1. The molecule has 6 nitrogen and oxygen atoms in total. The van der Waals surface area contributed by atoms with Gasteiger partial charge in [-0.25, -0.2) is 9.78 Å². The molecular formula is C14H19N3O3. The molecule has 0 saturated carbocycles. The first-order chi connectivity index (χ1) is 9.58. The molecule has 2 heterocycles. The van der Waals surface area contributed by atoms with E-state index in [1.807, 2.05) is 0 Å². The molecule has 0 spiro atoms. The number of hydrogen-bond donors (Lipinski definition) is 3. The van der Waals surface area contributed by atoms with Crippen molar-refractivity contribution in [2.24, 2.45) is 5.92 Å². The highest BCUT2D eigenvalue weighted by Crippen LogP contribution is 2.15. The van der Waals surface area contributed by atoms with Gasteiger partial charge in [0.1, 0.15) is 5.69 Å². The second kappa shape index (κ2) is 6.47. The average Bonchev–Trinajstić information content (AvgIpc) is 2.45. The van der Waals surface area contributed by atoms with Crippen molar-refractivity contribution < 1.29 is 14.7 Å². The Bertz CT molecular complexity index is 487. The Balaban J connectivity index is 1.88. The monoisotopic (exact) mass is 277 g/mol. The molecule has 1 fully saturated rings. The van der Waals surface area contributed by atoms with Crippen molar-refractivity contribution in [1.82, 2.24) is 15.6 Å². The SMILES string of the molecule is CC1CCCNC1C(=O)NCc1ccc(C(=O)O)nc1. The van der Waals surface area contributed by atoms with E-state index in [1.54, 1.807) is 6.07 Å². The number of rotatable bonds is 4. The second-order valence-electron chi connectivity index (χ2n) is 5.13. The molecule has 1 aromatic heterocycles. The Hall–Kier alpha value is -1.95. The number of hydrogen-bond acceptors (Lipinski definition) is 4. The lowest BCUT2D eigenvalue weighted by molar-refractivity contribution is -0.125. The quantitative estimate of drug-likeness (QED) is 0.756. The van der Waals surface area contributed by atoms with Crippen LogP contribution < -0.4 is 10.6 Å². The average molecular weight is 277 g/mol. The number of pyridine rings is 1. The molecule has 0 aromatic carbocycles. The summed E-state index contributed by atoms with van der Waals surface area (Å²) < 4.78 is 0. The van der Waals surface area contributed by atoms with Gasteiger partial charge >= 0.3 is 5.97 Å². The molecule has 1 saturated heterocycles. The van der Waals surface area contributed by atoms with Gasteiger partial charge in [-0.2, -0.15) is 0 Å². The summed E-state index contributed by atoms with van der Waals surface area (Å²) in [4.78, 5) is 26.6. The lowest BCUT2D eigenvalue weighted by Crippen LogP contribution is -2.50. The van der Waals surface area contributed by atoms with Crippen LogP contribution in [0.15, 0.2) is 18.3 Å². The molecule has 1 aliphatic rings. The van der Waals surface area contributed by atoms with Crippen LogP contribution in [-0.2, 0) is 11.3 Å². The Morgan fingerprint density at radius 3 is 2.90 bits per heavy atom. The fourth-order valence-electron chi connectivity index (χ4n) is 2.36. The summed E-state index contributed by atoms with van der Waals surface area (Å²) in [6.07, 6.45) is 3.63. The third kappa shape index (κ3) is 3.54. The van der Waals surface area contributed by atoms with Crippen LogP contribution in [0.4, 0.5) is 0 Å². The van der Waals surface area contributed by atoms with E-state index in [9.17, 15) is 9.59 Å². The maximum absolute atomic E-state index is 12.1. The van der Waals surface area contributed by atoms with Gasteiger partial charge in [-0.05, 0) is 36.9 Å². The van der Waals surface area contributed by atoms with Crippen LogP contribution in [0.3, 0.4) is 0 Å². The number of nitrogens with one attached hydrogen (secondary N) is 2. The zero-order valence-corrected chi connectivity index (χ0v) is 11.4. The molecule has 6 heteroatoms. The first-order valence-corrected chi connectivity index (χ1v) is 6.77. The van der Waals surface area contributed by atoms with E-state index in [2.05, 4.69) is 22.5 Å². The van der Waals surface area contributed by atoms with E-state index >= 15 is 0 Å². The standard InChI is InChI=1S/C14H19N3O3/c1-9-3-2-6-15-12(9)13(18)17-8-10-4-5-11(14(19)20)16-7-10/h4-5,7,9,12,15H,2-3,6,8H2,1H3,(H,17,18)(H,19,20). The Morgan fingerprint density at radius 2 is 2.30 bits per heavy atom. The third-order valence-electron chi connectivity index (χ3n) is 3.56. The van der Waals surface area contributed by atoms with Crippen molar-refractivity contribution >= 4 is 11.9 Å². The number of amides is 1. The molecule has 20 heavy (non-hydrogen) atoms. The van der Waals surface area contributed by atoms with Crippen LogP contribution in [0.1, 0.15) is 35.8 Å². The second-order valence-corrected chi connectivity index (χ2v) is 5.13. The topological polar surface area (TPSA) is 91.3 Å². The van der Waals surface area contributed by atoms with Crippen LogP contribution in [-0.4, -0.2) is 34.6 Å².